The van der Waals surface area contributed by atoms with Crippen LogP contribution in [0.15, 0.2) is 200 Å². The number of fused-ring (bicyclic) bond motifs is 6. The summed E-state index contributed by atoms with van der Waals surface area (Å²) in [6.07, 6.45) is 9.12. The number of aromatic nitrogens is 3. The summed E-state index contributed by atoms with van der Waals surface area (Å²) < 4.78 is 0. The Labute approximate surface area is 315 Å². The zero-order valence-corrected chi connectivity index (χ0v) is 29.5. The van der Waals surface area contributed by atoms with Crippen LogP contribution in [0.25, 0.3) is 78.7 Å². The number of nitrogens with zero attached hydrogens (tertiary/aromatic N) is 3. The fraction of sp³-hybridized carbons (Fsp3) is 0.0392. The predicted octanol–water partition coefficient (Wildman–Crippen LogP) is 12.8. The summed E-state index contributed by atoms with van der Waals surface area (Å²) in [5.41, 5.74) is 15.2. The van der Waals surface area contributed by atoms with E-state index in [0.29, 0.717) is 29.3 Å². The Morgan fingerprint density at radius 2 is 0.685 bits per heavy atom. The Balaban J connectivity index is 1.12. The highest BCUT2D eigenvalue weighted by atomic mass is 15.0. The standard InChI is InChI=1S/C51H35N3/c1-3-17-34(18-4-1)49-52-50(35-19-5-2-6-20-35)54-51(53-49)47-30-16-15-28-44(47)41-25-11-9-23-39(41)38-22-8-7-21-37(38)36-31-32-46-43-27-12-10-24-40(43)42-26-13-14-29-45(42)48(46)33-36/h1-33,42,45H. The van der Waals surface area contributed by atoms with Crippen LogP contribution in [0.4, 0.5) is 0 Å². The van der Waals surface area contributed by atoms with Gasteiger partial charge >= 0.3 is 0 Å². The number of rotatable bonds is 6. The van der Waals surface area contributed by atoms with Gasteiger partial charge in [0.15, 0.2) is 17.5 Å². The van der Waals surface area contributed by atoms with Crippen molar-refractivity contribution in [3.8, 4) is 78.7 Å². The SMILES string of the molecule is C1=CC2c3ccccc3-c3ccc(-c4ccccc4-c4ccccc4-c4ccccc4-c4nc(-c5ccccc5)nc(-c5ccccc5)n4)cc3C2C=C1. The molecule has 2 unspecified atom stereocenters. The molecule has 3 nitrogen and oxygen atoms in total. The molecule has 0 bridgehead atoms. The first-order valence-electron chi connectivity index (χ1n) is 18.5. The predicted molar refractivity (Wildman–Crippen MR) is 222 cm³/mol. The van der Waals surface area contributed by atoms with E-state index >= 15 is 0 Å². The van der Waals surface area contributed by atoms with E-state index < -0.39 is 0 Å². The molecule has 0 aliphatic heterocycles. The first-order valence-corrected chi connectivity index (χ1v) is 18.5. The molecule has 0 spiro atoms. The van der Waals surface area contributed by atoms with E-state index in [1.54, 1.807) is 0 Å². The summed E-state index contributed by atoms with van der Waals surface area (Å²) in [6.45, 7) is 0. The van der Waals surface area contributed by atoms with Gasteiger partial charge in [-0.25, -0.2) is 15.0 Å². The summed E-state index contributed by atoms with van der Waals surface area (Å²) >= 11 is 0. The zero-order chi connectivity index (χ0) is 35.8. The van der Waals surface area contributed by atoms with Crippen LogP contribution in [0.5, 0.6) is 0 Å². The molecule has 0 fully saturated rings. The summed E-state index contributed by atoms with van der Waals surface area (Å²) in [6, 6.07) is 62.2. The third kappa shape index (κ3) is 5.58. The number of hydrogen-bond donors (Lipinski definition) is 0. The Hall–Kier alpha value is -6.97. The van der Waals surface area contributed by atoms with Crippen molar-refractivity contribution in [3.05, 3.63) is 211 Å². The van der Waals surface area contributed by atoms with Crippen LogP contribution < -0.4 is 0 Å². The van der Waals surface area contributed by atoms with Crippen molar-refractivity contribution in [2.75, 3.05) is 0 Å². The molecule has 0 radical (unpaired) electrons. The molecular formula is C51H35N3. The van der Waals surface area contributed by atoms with E-state index in [1.807, 2.05) is 60.7 Å². The lowest BCUT2D eigenvalue weighted by Crippen LogP contribution is -2.16. The monoisotopic (exact) mass is 689 g/mol. The molecular weight excluding hydrogens is 655 g/mol. The van der Waals surface area contributed by atoms with Crippen LogP contribution in [0.3, 0.4) is 0 Å². The van der Waals surface area contributed by atoms with Gasteiger partial charge in [-0.3, -0.25) is 0 Å². The summed E-state index contributed by atoms with van der Waals surface area (Å²) in [4.78, 5) is 15.2. The Morgan fingerprint density at radius 1 is 0.278 bits per heavy atom. The molecule has 1 heterocycles. The van der Waals surface area contributed by atoms with E-state index in [1.165, 1.54) is 38.9 Å². The minimum Gasteiger partial charge on any atom is -0.208 e. The van der Waals surface area contributed by atoms with E-state index in [2.05, 4.69) is 140 Å². The average Bonchev–Trinajstić information content (AvgIpc) is 3.27. The molecule has 2 atom stereocenters. The van der Waals surface area contributed by atoms with Gasteiger partial charge in [0, 0.05) is 28.5 Å². The lowest BCUT2D eigenvalue weighted by atomic mass is 9.69. The topological polar surface area (TPSA) is 38.7 Å². The minimum atomic E-state index is 0.299. The first kappa shape index (κ1) is 31.7. The Kier molecular flexibility index (Phi) is 7.96. The highest BCUT2D eigenvalue weighted by Gasteiger charge is 2.32. The zero-order valence-electron chi connectivity index (χ0n) is 29.5. The first-order chi connectivity index (χ1) is 26.8. The van der Waals surface area contributed by atoms with Crippen molar-refractivity contribution in [1.82, 2.24) is 15.0 Å². The van der Waals surface area contributed by atoms with Gasteiger partial charge < -0.3 is 0 Å². The Bertz CT molecular complexity index is 2670. The van der Waals surface area contributed by atoms with Crippen LogP contribution >= 0.6 is 0 Å². The normalized spacial score (nSPS) is 15.3. The maximum absolute atomic E-state index is 5.11. The molecule has 0 saturated carbocycles. The van der Waals surface area contributed by atoms with E-state index in [-0.39, 0.29) is 0 Å². The molecule has 254 valence electrons. The smallest absolute Gasteiger partial charge is 0.164 e. The molecule has 0 N–H and O–H groups in total. The van der Waals surface area contributed by atoms with Crippen LogP contribution in [0.1, 0.15) is 23.0 Å². The largest absolute Gasteiger partial charge is 0.208 e. The van der Waals surface area contributed by atoms with Gasteiger partial charge in [-0.05, 0) is 61.7 Å². The molecule has 0 saturated heterocycles. The van der Waals surface area contributed by atoms with Crippen molar-refractivity contribution in [3.63, 3.8) is 0 Å². The van der Waals surface area contributed by atoms with Crippen molar-refractivity contribution in [1.29, 1.82) is 0 Å². The van der Waals surface area contributed by atoms with Crippen LogP contribution in [0, 0.1) is 0 Å². The third-order valence-electron chi connectivity index (χ3n) is 10.8. The van der Waals surface area contributed by atoms with Gasteiger partial charge in [0.25, 0.3) is 0 Å². The van der Waals surface area contributed by atoms with E-state index in [9.17, 15) is 0 Å². The number of benzene rings is 7. The van der Waals surface area contributed by atoms with Gasteiger partial charge in [0.2, 0.25) is 0 Å². The van der Waals surface area contributed by atoms with Crippen LogP contribution in [-0.2, 0) is 0 Å². The second-order valence-corrected chi connectivity index (χ2v) is 13.9. The summed E-state index contributed by atoms with van der Waals surface area (Å²) in [7, 11) is 0. The average molecular weight is 690 g/mol. The highest BCUT2D eigenvalue weighted by Crippen LogP contribution is 2.51. The van der Waals surface area contributed by atoms with Crippen molar-refractivity contribution in [2.24, 2.45) is 0 Å². The van der Waals surface area contributed by atoms with Gasteiger partial charge in [0.1, 0.15) is 0 Å². The molecule has 1 aromatic heterocycles. The molecule has 2 aliphatic carbocycles. The van der Waals surface area contributed by atoms with E-state index in [0.717, 1.165) is 33.4 Å². The maximum atomic E-state index is 5.11. The minimum absolute atomic E-state index is 0.299. The fourth-order valence-corrected chi connectivity index (χ4v) is 8.25. The third-order valence-corrected chi connectivity index (χ3v) is 10.8. The Morgan fingerprint density at radius 3 is 1.28 bits per heavy atom. The molecule has 8 aromatic rings. The summed E-state index contributed by atoms with van der Waals surface area (Å²) in [5, 5.41) is 0. The fourth-order valence-electron chi connectivity index (χ4n) is 8.25. The molecule has 0 amide bonds. The number of hydrogen-bond acceptors (Lipinski definition) is 3. The lowest BCUT2D eigenvalue weighted by molar-refractivity contribution is 0.720. The lowest BCUT2D eigenvalue weighted by Gasteiger charge is -2.34. The van der Waals surface area contributed by atoms with Gasteiger partial charge in [-0.15, -0.1) is 0 Å². The van der Waals surface area contributed by atoms with Gasteiger partial charge in [0.05, 0.1) is 0 Å². The number of allylic oxidation sites excluding steroid dienone is 4. The summed E-state index contributed by atoms with van der Waals surface area (Å²) in [5.74, 6) is 2.57. The van der Waals surface area contributed by atoms with E-state index in [4.69, 9.17) is 15.0 Å². The molecule has 3 heteroatoms. The van der Waals surface area contributed by atoms with Crippen LogP contribution in [-0.4, -0.2) is 15.0 Å². The maximum Gasteiger partial charge on any atom is 0.164 e. The quantitative estimate of drug-likeness (QED) is 0.174. The van der Waals surface area contributed by atoms with Crippen molar-refractivity contribution >= 4 is 0 Å². The van der Waals surface area contributed by atoms with Crippen molar-refractivity contribution in [2.45, 2.75) is 11.8 Å². The van der Waals surface area contributed by atoms with Gasteiger partial charge in [-0.2, -0.15) is 0 Å². The highest BCUT2D eigenvalue weighted by molar-refractivity contribution is 5.96. The van der Waals surface area contributed by atoms with Gasteiger partial charge in [-0.1, -0.05) is 194 Å². The molecule has 10 rings (SSSR count). The second kappa shape index (κ2) is 13.5. The molecule has 2 aliphatic rings. The second-order valence-electron chi connectivity index (χ2n) is 13.9. The van der Waals surface area contributed by atoms with Crippen LogP contribution in [0.2, 0.25) is 0 Å². The molecule has 54 heavy (non-hydrogen) atoms. The molecule has 7 aromatic carbocycles. The van der Waals surface area contributed by atoms with Crippen molar-refractivity contribution < 1.29 is 0 Å².